The molecule has 102 valence electrons. The van der Waals surface area contributed by atoms with E-state index in [9.17, 15) is 0 Å². The second kappa shape index (κ2) is 7.29. The maximum absolute atomic E-state index is 5.84. The second-order valence-corrected chi connectivity index (χ2v) is 6.44. The molecule has 0 saturated heterocycles. The van der Waals surface area contributed by atoms with Crippen molar-refractivity contribution in [2.75, 3.05) is 13.7 Å². The third-order valence-corrected chi connectivity index (χ3v) is 5.00. The highest BCUT2D eigenvalue weighted by molar-refractivity contribution is 9.10. The van der Waals surface area contributed by atoms with Crippen LogP contribution in [-0.4, -0.2) is 19.7 Å². The van der Waals surface area contributed by atoms with Gasteiger partial charge in [-0.1, -0.05) is 11.6 Å². The Hall–Kier alpha value is -0.550. The van der Waals surface area contributed by atoms with E-state index in [2.05, 4.69) is 32.7 Å². The number of likely N-dealkylation sites (N-methyl/N-ethyl adjacent to an activating group) is 1. The number of nitrogens with one attached hydrogen (secondary N) is 1. The molecule has 0 aliphatic rings. The summed E-state index contributed by atoms with van der Waals surface area (Å²) in [5.41, 5.74) is 0. The van der Waals surface area contributed by atoms with E-state index in [1.165, 1.54) is 9.35 Å². The number of benzene rings is 1. The van der Waals surface area contributed by atoms with Crippen LogP contribution in [-0.2, 0) is 6.42 Å². The molecule has 0 aliphatic heterocycles. The summed E-state index contributed by atoms with van der Waals surface area (Å²) in [7, 11) is 1.96. The van der Waals surface area contributed by atoms with E-state index >= 15 is 0 Å². The molecule has 0 bridgehead atoms. The van der Waals surface area contributed by atoms with Crippen LogP contribution in [0.15, 0.2) is 40.2 Å². The molecule has 1 aromatic heterocycles. The van der Waals surface area contributed by atoms with Crippen molar-refractivity contribution in [1.29, 1.82) is 0 Å². The lowest BCUT2D eigenvalue weighted by Gasteiger charge is -2.16. The summed E-state index contributed by atoms with van der Waals surface area (Å²) in [6.07, 6.45) is 0.947. The van der Waals surface area contributed by atoms with E-state index in [-0.39, 0.29) is 6.04 Å². The highest BCUT2D eigenvalue weighted by atomic mass is 79.9. The van der Waals surface area contributed by atoms with Crippen molar-refractivity contribution in [1.82, 2.24) is 5.32 Å². The highest BCUT2D eigenvalue weighted by Gasteiger charge is 2.11. The Morgan fingerprint density at radius 3 is 2.63 bits per heavy atom. The fraction of sp³-hybridized carbons (Fsp3) is 0.286. The lowest BCUT2D eigenvalue weighted by molar-refractivity contribution is 0.270. The Labute approximate surface area is 130 Å². The monoisotopic (exact) mass is 359 g/mol. The van der Waals surface area contributed by atoms with Gasteiger partial charge in [-0.25, -0.2) is 0 Å². The van der Waals surface area contributed by atoms with E-state index in [0.29, 0.717) is 6.61 Å². The summed E-state index contributed by atoms with van der Waals surface area (Å²) in [5, 5.41) is 6.10. The molecule has 0 spiro atoms. The van der Waals surface area contributed by atoms with Crippen LogP contribution in [0.4, 0.5) is 0 Å². The van der Waals surface area contributed by atoms with Crippen LogP contribution in [0.25, 0.3) is 0 Å². The summed E-state index contributed by atoms with van der Waals surface area (Å²) >= 11 is 11.2. The molecule has 19 heavy (non-hydrogen) atoms. The van der Waals surface area contributed by atoms with Crippen LogP contribution in [0, 0.1) is 0 Å². The number of halogens is 2. The largest absolute Gasteiger partial charge is 0.492 e. The van der Waals surface area contributed by atoms with Gasteiger partial charge in [-0.05, 0) is 58.7 Å². The zero-order chi connectivity index (χ0) is 13.7. The third-order valence-electron chi connectivity index (χ3n) is 2.80. The maximum atomic E-state index is 5.84. The molecule has 0 saturated carbocycles. The van der Waals surface area contributed by atoms with Gasteiger partial charge in [-0.2, -0.15) is 0 Å². The van der Waals surface area contributed by atoms with Gasteiger partial charge in [0.25, 0.3) is 0 Å². The average Bonchev–Trinajstić information content (AvgIpc) is 2.82. The quantitative estimate of drug-likeness (QED) is 0.825. The lowest BCUT2D eigenvalue weighted by atomic mass is 10.2. The summed E-state index contributed by atoms with van der Waals surface area (Å²) in [4.78, 5) is 1.33. The fourth-order valence-electron chi connectivity index (χ4n) is 1.67. The number of rotatable bonds is 6. The summed E-state index contributed by atoms with van der Waals surface area (Å²) in [5.74, 6) is 0.842. The van der Waals surface area contributed by atoms with Crippen LogP contribution >= 0.6 is 38.9 Å². The van der Waals surface area contributed by atoms with Crippen molar-refractivity contribution < 1.29 is 4.74 Å². The van der Waals surface area contributed by atoms with Crippen LogP contribution < -0.4 is 10.1 Å². The fourth-order valence-corrected chi connectivity index (χ4v) is 3.39. The lowest BCUT2D eigenvalue weighted by Crippen LogP contribution is -2.33. The van der Waals surface area contributed by atoms with Crippen molar-refractivity contribution in [2.45, 2.75) is 12.5 Å². The van der Waals surface area contributed by atoms with E-state index in [4.69, 9.17) is 16.3 Å². The van der Waals surface area contributed by atoms with E-state index < -0.39 is 0 Å². The first-order valence-corrected chi connectivity index (χ1v) is 8.01. The van der Waals surface area contributed by atoms with Crippen LogP contribution in [0.1, 0.15) is 4.88 Å². The summed E-state index contributed by atoms with van der Waals surface area (Å²) < 4.78 is 6.94. The SMILES string of the molecule is CNC(COc1ccc(Cl)cc1)Cc1sccc1Br. The summed E-state index contributed by atoms with van der Waals surface area (Å²) in [6.45, 7) is 0.627. The van der Waals surface area contributed by atoms with Gasteiger partial charge in [0.1, 0.15) is 12.4 Å². The Morgan fingerprint density at radius 1 is 1.32 bits per heavy atom. The minimum atomic E-state index is 0.283. The Morgan fingerprint density at radius 2 is 2.05 bits per heavy atom. The molecule has 0 fully saturated rings. The minimum Gasteiger partial charge on any atom is -0.492 e. The van der Waals surface area contributed by atoms with E-state index in [1.54, 1.807) is 11.3 Å². The van der Waals surface area contributed by atoms with Gasteiger partial charge in [0.05, 0.1) is 0 Å². The Kier molecular flexibility index (Phi) is 5.70. The van der Waals surface area contributed by atoms with Crippen LogP contribution in [0.5, 0.6) is 5.75 Å². The number of hydrogen-bond acceptors (Lipinski definition) is 3. The maximum Gasteiger partial charge on any atom is 0.119 e. The predicted molar refractivity (Wildman–Crippen MR) is 85.5 cm³/mol. The molecule has 1 aromatic carbocycles. The van der Waals surface area contributed by atoms with Gasteiger partial charge >= 0.3 is 0 Å². The normalized spacial score (nSPS) is 12.4. The molecular weight excluding hydrogens is 346 g/mol. The van der Waals surface area contributed by atoms with Gasteiger partial charge < -0.3 is 10.1 Å². The molecule has 1 heterocycles. The Balaban J connectivity index is 1.89. The van der Waals surface area contributed by atoms with Crippen molar-refractivity contribution in [3.63, 3.8) is 0 Å². The average molecular weight is 361 g/mol. The van der Waals surface area contributed by atoms with Crippen molar-refractivity contribution in [3.8, 4) is 5.75 Å². The molecule has 0 radical (unpaired) electrons. The molecule has 0 aliphatic carbocycles. The smallest absolute Gasteiger partial charge is 0.119 e. The van der Waals surface area contributed by atoms with Gasteiger partial charge in [0.15, 0.2) is 0 Å². The third kappa shape index (κ3) is 4.49. The summed E-state index contributed by atoms with van der Waals surface area (Å²) in [6, 6.07) is 9.80. The standard InChI is InChI=1S/C14H15BrClNOS/c1-17-11(8-14-13(15)6-7-19-14)9-18-12-4-2-10(16)3-5-12/h2-7,11,17H,8-9H2,1H3. The molecule has 5 heteroatoms. The first kappa shape index (κ1) is 14.9. The van der Waals surface area contributed by atoms with Gasteiger partial charge in [0, 0.05) is 26.8 Å². The molecule has 2 aromatic rings. The first-order valence-electron chi connectivity index (χ1n) is 5.96. The topological polar surface area (TPSA) is 21.3 Å². The molecule has 2 rings (SSSR count). The molecule has 1 N–H and O–H groups in total. The Bertz CT molecular complexity index is 514. The van der Waals surface area contributed by atoms with E-state index in [1.807, 2.05) is 31.3 Å². The number of hydrogen-bond donors (Lipinski definition) is 1. The van der Waals surface area contributed by atoms with Gasteiger partial charge in [-0.15, -0.1) is 11.3 Å². The van der Waals surface area contributed by atoms with Gasteiger partial charge in [-0.3, -0.25) is 0 Å². The molecular formula is C14H15BrClNOS. The van der Waals surface area contributed by atoms with Crippen molar-refractivity contribution in [3.05, 3.63) is 50.1 Å². The minimum absolute atomic E-state index is 0.283. The van der Waals surface area contributed by atoms with E-state index in [0.717, 1.165) is 17.2 Å². The predicted octanol–water partition coefficient (Wildman–Crippen LogP) is 4.37. The zero-order valence-corrected chi connectivity index (χ0v) is 13.7. The van der Waals surface area contributed by atoms with Crippen molar-refractivity contribution >= 4 is 38.9 Å². The van der Waals surface area contributed by atoms with Crippen LogP contribution in [0.2, 0.25) is 5.02 Å². The molecule has 0 amide bonds. The van der Waals surface area contributed by atoms with Crippen LogP contribution in [0.3, 0.4) is 0 Å². The molecule has 1 atom stereocenters. The molecule has 1 unspecified atom stereocenters. The second-order valence-electron chi connectivity index (χ2n) is 4.15. The first-order chi connectivity index (χ1) is 9.19. The molecule has 2 nitrogen and oxygen atoms in total. The zero-order valence-electron chi connectivity index (χ0n) is 10.5. The number of thiophene rings is 1. The van der Waals surface area contributed by atoms with Crippen molar-refractivity contribution in [2.24, 2.45) is 0 Å². The van der Waals surface area contributed by atoms with Gasteiger partial charge in [0.2, 0.25) is 0 Å². The highest BCUT2D eigenvalue weighted by Crippen LogP contribution is 2.24. The number of ether oxygens (including phenoxy) is 1.